The molecule has 1 aromatic heterocycles. The Bertz CT molecular complexity index is 464. The lowest BCUT2D eigenvalue weighted by molar-refractivity contribution is 0.113. The van der Waals surface area contributed by atoms with Crippen molar-refractivity contribution in [3.8, 4) is 0 Å². The number of benzene rings is 1. The first-order valence-corrected chi connectivity index (χ1v) is 7.03. The van der Waals surface area contributed by atoms with E-state index in [0.29, 0.717) is 5.92 Å². The fourth-order valence-corrected chi connectivity index (χ4v) is 3.36. The molecule has 1 unspecified atom stereocenters. The SMILES string of the molecule is OC(Cc1ccsc1)C1Cc2ccccc2C1. The van der Waals surface area contributed by atoms with Crippen molar-refractivity contribution in [1.82, 2.24) is 0 Å². The Labute approximate surface area is 106 Å². The summed E-state index contributed by atoms with van der Waals surface area (Å²) in [5, 5.41) is 14.5. The molecule has 1 nitrogen and oxygen atoms in total. The highest BCUT2D eigenvalue weighted by molar-refractivity contribution is 7.07. The summed E-state index contributed by atoms with van der Waals surface area (Å²) in [6, 6.07) is 10.7. The number of fused-ring (bicyclic) bond motifs is 1. The van der Waals surface area contributed by atoms with E-state index in [1.54, 1.807) is 11.3 Å². The van der Waals surface area contributed by atoms with E-state index in [1.165, 1.54) is 16.7 Å². The van der Waals surface area contributed by atoms with E-state index in [-0.39, 0.29) is 6.10 Å². The summed E-state index contributed by atoms with van der Waals surface area (Å²) in [4.78, 5) is 0. The average molecular weight is 244 g/mol. The van der Waals surface area contributed by atoms with E-state index in [2.05, 4.69) is 41.1 Å². The number of hydrogen-bond donors (Lipinski definition) is 1. The Morgan fingerprint density at radius 1 is 1.18 bits per heavy atom. The summed E-state index contributed by atoms with van der Waals surface area (Å²) in [7, 11) is 0. The smallest absolute Gasteiger partial charge is 0.0615 e. The van der Waals surface area contributed by atoms with Crippen LogP contribution in [0, 0.1) is 5.92 Å². The van der Waals surface area contributed by atoms with Crippen LogP contribution in [0.4, 0.5) is 0 Å². The third kappa shape index (κ3) is 2.28. The van der Waals surface area contributed by atoms with E-state index in [4.69, 9.17) is 0 Å². The summed E-state index contributed by atoms with van der Waals surface area (Å²) in [6.45, 7) is 0. The third-order valence-corrected chi connectivity index (χ3v) is 4.38. The number of thiophene rings is 1. The van der Waals surface area contributed by atoms with E-state index in [0.717, 1.165) is 19.3 Å². The molecule has 0 radical (unpaired) electrons. The van der Waals surface area contributed by atoms with Gasteiger partial charge in [0.25, 0.3) is 0 Å². The van der Waals surface area contributed by atoms with Gasteiger partial charge in [0.15, 0.2) is 0 Å². The number of hydrogen-bond acceptors (Lipinski definition) is 2. The van der Waals surface area contributed by atoms with Crippen molar-refractivity contribution in [3.05, 3.63) is 57.8 Å². The Hall–Kier alpha value is -1.12. The highest BCUT2D eigenvalue weighted by Gasteiger charge is 2.27. The number of aliphatic hydroxyl groups excluding tert-OH is 1. The molecule has 1 atom stereocenters. The summed E-state index contributed by atoms with van der Waals surface area (Å²) in [5.41, 5.74) is 4.10. The van der Waals surface area contributed by atoms with Crippen LogP contribution in [0.1, 0.15) is 16.7 Å². The third-order valence-electron chi connectivity index (χ3n) is 3.65. The van der Waals surface area contributed by atoms with E-state index < -0.39 is 0 Å². The van der Waals surface area contributed by atoms with Gasteiger partial charge in [-0.3, -0.25) is 0 Å². The van der Waals surface area contributed by atoms with Gasteiger partial charge in [0.2, 0.25) is 0 Å². The maximum atomic E-state index is 10.3. The maximum absolute atomic E-state index is 10.3. The van der Waals surface area contributed by atoms with E-state index in [1.807, 2.05) is 0 Å². The normalized spacial score (nSPS) is 17.0. The zero-order chi connectivity index (χ0) is 11.7. The highest BCUT2D eigenvalue weighted by Crippen LogP contribution is 2.29. The molecule has 1 aliphatic carbocycles. The van der Waals surface area contributed by atoms with Crippen molar-refractivity contribution in [2.24, 2.45) is 5.92 Å². The molecule has 1 aromatic carbocycles. The molecule has 0 aliphatic heterocycles. The lowest BCUT2D eigenvalue weighted by Crippen LogP contribution is -2.23. The predicted octanol–water partition coefficient (Wildman–Crippen LogP) is 3.07. The second-order valence-corrected chi connectivity index (χ2v) is 5.62. The van der Waals surface area contributed by atoms with Crippen molar-refractivity contribution in [1.29, 1.82) is 0 Å². The number of aliphatic hydroxyl groups is 1. The van der Waals surface area contributed by atoms with Crippen molar-refractivity contribution < 1.29 is 5.11 Å². The fraction of sp³-hybridized carbons (Fsp3) is 0.333. The first-order valence-electron chi connectivity index (χ1n) is 6.09. The largest absolute Gasteiger partial charge is 0.392 e. The molecular formula is C15H16OS. The molecule has 0 spiro atoms. The van der Waals surface area contributed by atoms with Gasteiger partial charge in [-0.25, -0.2) is 0 Å². The molecular weight excluding hydrogens is 228 g/mol. The van der Waals surface area contributed by atoms with Crippen LogP contribution < -0.4 is 0 Å². The van der Waals surface area contributed by atoms with Gasteiger partial charge in [0.05, 0.1) is 6.10 Å². The van der Waals surface area contributed by atoms with Crippen molar-refractivity contribution in [3.63, 3.8) is 0 Å². The molecule has 1 heterocycles. The predicted molar refractivity (Wildman–Crippen MR) is 71.4 cm³/mol. The first kappa shape index (κ1) is 11.0. The molecule has 0 saturated heterocycles. The zero-order valence-corrected chi connectivity index (χ0v) is 10.5. The van der Waals surface area contributed by atoms with Gasteiger partial charge in [-0.1, -0.05) is 24.3 Å². The summed E-state index contributed by atoms with van der Waals surface area (Å²) in [5.74, 6) is 0.396. The molecule has 0 fully saturated rings. The summed E-state index contributed by atoms with van der Waals surface area (Å²) < 4.78 is 0. The van der Waals surface area contributed by atoms with Crippen LogP contribution in [0.25, 0.3) is 0 Å². The van der Waals surface area contributed by atoms with Gasteiger partial charge in [-0.05, 0) is 58.7 Å². The lowest BCUT2D eigenvalue weighted by Gasteiger charge is -2.16. The maximum Gasteiger partial charge on any atom is 0.0615 e. The standard InChI is InChI=1S/C15H16OS/c16-15(7-11-5-6-17-10-11)14-8-12-3-1-2-4-13(12)9-14/h1-6,10,14-16H,7-9H2. The molecule has 17 heavy (non-hydrogen) atoms. The Morgan fingerprint density at radius 3 is 2.47 bits per heavy atom. The molecule has 88 valence electrons. The molecule has 1 N–H and O–H groups in total. The minimum Gasteiger partial charge on any atom is -0.392 e. The molecule has 2 heteroatoms. The van der Waals surface area contributed by atoms with Crippen LogP contribution in [0.15, 0.2) is 41.1 Å². The molecule has 3 rings (SSSR count). The lowest BCUT2D eigenvalue weighted by atomic mass is 9.95. The van der Waals surface area contributed by atoms with Gasteiger partial charge in [0.1, 0.15) is 0 Å². The van der Waals surface area contributed by atoms with Crippen molar-refractivity contribution in [2.45, 2.75) is 25.4 Å². The van der Waals surface area contributed by atoms with Crippen LogP contribution in [0.3, 0.4) is 0 Å². The van der Waals surface area contributed by atoms with Gasteiger partial charge in [-0.2, -0.15) is 11.3 Å². The second kappa shape index (κ2) is 4.63. The minimum atomic E-state index is -0.211. The van der Waals surface area contributed by atoms with Crippen molar-refractivity contribution in [2.75, 3.05) is 0 Å². The van der Waals surface area contributed by atoms with Crippen LogP contribution in [0.2, 0.25) is 0 Å². The van der Waals surface area contributed by atoms with Gasteiger partial charge in [-0.15, -0.1) is 0 Å². The van der Waals surface area contributed by atoms with Gasteiger partial charge < -0.3 is 5.11 Å². The second-order valence-electron chi connectivity index (χ2n) is 4.84. The van der Waals surface area contributed by atoms with Crippen LogP contribution in [-0.4, -0.2) is 11.2 Å². The van der Waals surface area contributed by atoms with Crippen LogP contribution in [-0.2, 0) is 19.3 Å². The van der Waals surface area contributed by atoms with E-state index >= 15 is 0 Å². The Morgan fingerprint density at radius 2 is 1.88 bits per heavy atom. The van der Waals surface area contributed by atoms with E-state index in [9.17, 15) is 5.11 Å². The monoisotopic (exact) mass is 244 g/mol. The minimum absolute atomic E-state index is 0.211. The molecule has 2 aromatic rings. The van der Waals surface area contributed by atoms with Crippen LogP contribution in [0.5, 0.6) is 0 Å². The van der Waals surface area contributed by atoms with Gasteiger partial charge in [0, 0.05) is 0 Å². The molecule has 0 amide bonds. The quantitative estimate of drug-likeness (QED) is 0.879. The summed E-state index contributed by atoms with van der Waals surface area (Å²) in [6.07, 6.45) is 2.64. The molecule has 0 bridgehead atoms. The number of rotatable bonds is 3. The topological polar surface area (TPSA) is 20.2 Å². The van der Waals surface area contributed by atoms with Gasteiger partial charge >= 0.3 is 0 Å². The zero-order valence-electron chi connectivity index (χ0n) is 9.67. The highest BCUT2D eigenvalue weighted by atomic mass is 32.1. The Balaban J connectivity index is 1.68. The first-order chi connectivity index (χ1) is 8.33. The average Bonchev–Trinajstić information content (AvgIpc) is 2.96. The molecule has 1 aliphatic rings. The van der Waals surface area contributed by atoms with Crippen molar-refractivity contribution >= 4 is 11.3 Å². The van der Waals surface area contributed by atoms with Crippen LogP contribution >= 0.6 is 11.3 Å². The molecule has 0 saturated carbocycles. The Kier molecular flexibility index (Phi) is 3.00. The summed E-state index contributed by atoms with van der Waals surface area (Å²) >= 11 is 1.70. The fourth-order valence-electron chi connectivity index (χ4n) is 2.68.